The van der Waals surface area contributed by atoms with Crippen LogP contribution >= 0.6 is 0 Å². The Morgan fingerprint density at radius 1 is 1.31 bits per heavy atom. The molecule has 0 radical (unpaired) electrons. The van der Waals surface area contributed by atoms with Gasteiger partial charge in [0.05, 0.1) is 0 Å². The summed E-state index contributed by atoms with van der Waals surface area (Å²) in [5, 5.41) is 6.27. The number of carbonyl (C=O) groups is 2. The number of hydrogen-bond acceptors (Lipinski definition) is 5. The van der Waals surface area contributed by atoms with E-state index in [4.69, 9.17) is 9.26 Å². The van der Waals surface area contributed by atoms with Crippen LogP contribution in [0.2, 0.25) is 0 Å². The van der Waals surface area contributed by atoms with Crippen molar-refractivity contribution in [3.05, 3.63) is 47.5 Å². The van der Waals surface area contributed by atoms with Gasteiger partial charge >= 0.3 is 0 Å². The number of hydrogen-bond donors (Lipinski definition) is 1. The van der Waals surface area contributed by atoms with Gasteiger partial charge in [-0.2, -0.15) is 0 Å². The molecule has 0 bridgehead atoms. The molecule has 1 aromatic carbocycles. The molecule has 1 aromatic heterocycles. The molecule has 2 rings (SSSR count). The van der Waals surface area contributed by atoms with Crippen LogP contribution in [-0.2, 0) is 9.53 Å². The van der Waals surface area contributed by atoms with Crippen LogP contribution in [0, 0.1) is 12.7 Å². The molecule has 7 nitrogen and oxygen atoms in total. The van der Waals surface area contributed by atoms with E-state index in [0.29, 0.717) is 37.5 Å². The maximum atomic E-state index is 13.1. The second kappa shape index (κ2) is 9.67. The van der Waals surface area contributed by atoms with Crippen LogP contribution in [0.1, 0.15) is 29.5 Å². The fourth-order valence-corrected chi connectivity index (χ4v) is 2.31. The fourth-order valence-electron chi connectivity index (χ4n) is 2.31. The van der Waals surface area contributed by atoms with Crippen molar-refractivity contribution in [2.75, 3.05) is 31.6 Å². The third kappa shape index (κ3) is 5.96. The molecule has 0 saturated carbocycles. The third-order valence-electron chi connectivity index (χ3n) is 3.53. The molecular weight excluding hydrogens is 341 g/mol. The van der Waals surface area contributed by atoms with E-state index in [-0.39, 0.29) is 18.3 Å². The summed E-state index contributed by atoms with van der Waals surface area (Å²) in [4.78, 5) is 26.3. The van der Waals surface area contributed by atoms with Gasteiger partial charge in [-0.3, -0.25) is 9.59 Å². The molecule has 140 valence electrons. The summed E-state index contributed by atoms with van der Waals surface area (Å²) >= 11 is 0. The lowest BCUT2D eigenvalue weighted by Crippen LogP contribution is -2.39. The molecule has 0 aliphatic heterocycles. The quantitative estimate of drug-likeness (QED) is 0.693. The highest BCUT2D eigenvalue weighted by atomic mass is 19.1. The second-order valence-electron chi connectivity index (χ2n) is 5.66. The van der Waals surface area contributed by atoms with Gasteiger partial charge in [-0.1, -0.05) is 5.16 Å². The number of nitrogens with zero attached hydrogens (tertiary/aromatic N) is 2. The lowest BCUT2D eigenvalue weighted by molar-refractivity contribution is -0.117. The smallest absolute Gasteiger partial charge is 0.254 e. The van der Waals surface area contributed by atoms with Gasteiger partial charge in [0.25, 0.3) is 5.91 Å². The molecule has 0 aliphatic rings. The first-order valence-corrected chi connectivity index (χ1v) is 8.35. The van der Waals surface area contributed by atoms with Crippen molar-refractivity contribution in [3.63, 3.8) is 0 Å². The van der Waals surface area contributed by atoms with Gasteiger partial charge in [0.1, 0.15) is 18.1 Å². The van der Waals surface area contributed by atoms with Crippen LogP contribution in [0.25, 0.3) is 0 Å². The van der Waals surface area contributed by atoms with Gasteiger partial charge in [-0.15, -0.1) is 0 Å². The predicted octanol–water partition coefficient (Wildman–Crippen LogP) is 2.63. The number of halogens is 1. The van der Waals surface area contributed by atoms with Crippen LogP contribution in [0.4, 0.5) is 10.2 Å². The Kier molecular flexibility index (Phi) is 7.28. The van der Waals surface area contributed by atoms with Crippen molar-refractivity contribution in [1.29, 1.82) is 0 Å². The van der Waals surface area contributed by atoms with Crippen molar-refractivity contribution < 1.29 is 23.2 Å². The van der Waals surface area contributed by atoms with Gasteiger partial charge in [-0.05, 0) is 44.5 Å². The van der Waals surface area contributed by atoms with Crippen molar-refractivity contribution in [2.45, 2.75) is 20.3 Å². The zero-order valence-electron chi connectivity index (χ0n) is 14.8. The van der Waals surface area contributed by atoms with Gasteiger partial charge in [0.2, 0.25) is 5.91 Å². The molecule has 1 N–H and O–H groups in total. The van der Waals surface area contributed by atoms with Gasteiger partial charge in [0.15, 0.2) is 5.82 Å². The number of amides is 2. The summed E-state index contributed by atoms with van der Waals surface area (Å²) in [7, 11) is 0. The summed E-state index contributed by atoms with van der Waals surface area (Å²) in [5.74, 6) is -0.325. The minimum atomic E-state index is -0.427. The molecule has 2 amide bonds. The van der Waals surface area contributed by atoms with Gasteiger partial charge in [0, 0.05) is 31.4 Å². The Balaban J connectivity index is 2.02. The lowest BCUT2D eigenvalue weighted by atomic mass is 10.2. The highest BCUT2D eigenvalue weighted by Crippen LogP contribution is 2.10. The zero-order chi connectivity index (χ0) is 18.9. The van der Waals surface area contributed by atoms with Crippen molar-refractivity contribution >= 4 is 17.6 Å². The Hall–Kier alpha value is -2.74. The highest BCUT2D eigenvalue weighted by molar-refractivity contribution is 5.99. The van der Waals surface area contributed by atoms with Gasteiger partial charge in [-0.25, -0.2) is 4.39 Å². The highest BCUT2D eigenvalue weighted by Gasteiger charge is 2.19. The lowest BCUT2D eigenvalue weighted by Gasteiger charge is -2.22. The first kappa shape index (κ1) is 19.6. The first-order valence-electron chi connectivity index (χ1n) is 8.35. The van der Waals surface area contributed by atoms with Crippen LogP contribution < -0.4 is 5.32 Å². The monoisotopic (exact) mass is 363 g/mol. The van der Waals surface area contributed by atoms with E-state index in [1.54, 1.807) is 13.0 Å². The number of benzene rings is 1. The Labute approximate surface area is 151 Å². The van der Waals surface area contributed by atoms with E-state index in [0.717, 1.165) is 0 Å². The topological polar surface area (TPSA) is 84.7 Å². The average molecular weight is 363 g/mol. The Bertz CT molecular complexity index is 730. The van der Waals surface area contributed by atoms with Crippen LogP contribution in [0.5, 0.6) is 0 Å². The van der Waals surface area contributed by atoms with E-state index < -0.39 is 11.7 Å². The zero-order valence-corrected chi connectivity index (χ0v) is 14.8. The van der Waals surface area contributed by atoms with Crippen LogP contribution in [0.3, 0.4) is 0 Å². The summed E-state index contributed by atoms with van der Waals surface area (Å²) < 4.78 is 23.2. The van der Waals surface area contributed by atoms with E-state index in [9.17, 15) is 14.0 Å². The SMILES string of the molecule is CCOCCCN(CC(=O)Nc1cc(C)on1)C(=O)c1ccc(F)cc1. The number of nitrogens with one attached hydrogen (secondary N) is 1. The Morgan fingerprint density at radius 2 is 2.04 bits per heavy atom. The van der Waals surface area contributed by atoms with E-state index in [1.165, 1.54) is 29.2 Å². The Morgan fingerprint density at radius 3 is 2.65 bits per heavy atom. The van der Waals surface area contributed by atoms with E-state index in [2.05, 4.69) is 10.5 Å². The number of aromatic nitrogens is 1. The molecular formula is C18H22FN3O4. The second-order valence-corrected chi connectivity index (χ2v) is 5.66. The minimum absolute atomic E-state index is 0.158. The number of carbonyl (C=O) groups excluding carboxylic acids is 2. The molecule has 0 saturated heterocycles. The minimum Gasteiger partial charge on any atom is -0.382 e. The molecule has 1 heterocycles. The maximum absolute atomic E-state index is 13.1. The number of anilines is 1. The summed E-state index contributed by atoms with van der Waals surface area (Å²) in [6.07, 6.45) is 0.580. The summed E-state index contributed by atoms with van der Waals surface area (Å²) in [5.41, 5.74) is 0.313. The predicted molar refractivity (Wildman–Crippen MR) is 93.3 cm³/mol. The van der Waals surface area contributed by atoms with Crippen molar-refractivity contribution in [3.8, 4) is 0 Å². The molecule has 0 spiro atoms. The average Bonchev–Trinajstić information content (AvgIpc) is 3.02. The summed E-state index contributed by atoms with van der Waals surface area (Å²) in [6.45, 7) is 4.83. The molecule has 0 aliphatic carbocycles. The van der Waals surface area contributed by atoms with E-state index in [1.807, 2.05) is 6.92 Å². The molecule has 0 atom stereocenters. The van der Waals surface area contributed by atoms with Gasteiger partial charge < -0.3 is 19.5 Å². The number of ether oxygens (including phenoxy) is 1. The van der Waals surface area contributed by atoms with Crippen molar-refractivity contribution in [2.24, 2.45) is 0 Å². The normalized spacial score (nSPS) is 10.6. The van der Waals surface area contributed by atoms with Crippen LogP contribution in [0.15, 0.2) is 34.9 Å². The molecule has 0 fully saturated rings. The molecule has 26 heavy (non-hydrogen) atoms. The number of aryl methyl sites for hydroxylation is 1. The first-order chi connectivity index (χ1) is 12.5. The molecule has 2 aromatic rings. The number of rotatable bonds is 9. The van der Waals surface area contributed by atoms with Crippen LogP contribution in [-0.4, -0.2) is 48.2 Å². The summed E-state index contributed by atoms with van der Waals surface area (Å²) in [6, 6.07) is 6.80. The van der Waals surface area contributed by atoms with Crippen molar-refractivity contribution in [1.82, 2.24) is 10.1 Å². The largest absolute Gasteiger partial charge is 0.382 e. The van der Waals surface area contributed by atoms with E-state index >= 15 is 0 Å². The molecule has 0 unspecified atom stereocenters. The maximum Gasteiger partial charge on any atom is 0.254 e. The fraction of sp³-hybridized carbons (Fsp3) is 0.389. The third-order valence-corrected chi connectivity index (χ3v) is 3.53. The molecule has 8 heteroatoms. The standard InChI is InChI=1S/C18H22FN3O4/c1-3-25-10-4-9-22(18(24)14-5-7-15(19)8-6-14)12-17(23)20-16-11-13(2)26-21-16/h5-8,11H,3-4,9-10,12H2,1-2H3,(H,20,21,23).